The molecule has 3 rings (SSSR count). The molecule has 0 spiro atoms. The molecular formula is C18H26N2O. The highest BCUT2D eigenvalue weighted by atomic mass is 16.3. The molecule has 2 atom stereocenters. The van der Waals surface area contributed by atoms with Crippen LogP contribution in [0, 0.1) is 0 Å². The summed E-state index contributed by atoms with van der Waals surface area (Å²) in [7, 11) is 0. The average molecular weight is 286 g/mol. The zero-order valence-corrected chi connectivity index (χ0v) is 12.9. The fraction of sp³-hybridized carbons (Fsp3) is 0.556. The fourth-order valence-electron chi connectivity index (χ4n) is 3.77. The van der Waals surface area contributed by atoms with Crippen LogP contribution in [0.15, 0.2) is 34.9 Å². The molecule has 0 bridgehead atoms. The molecule has 0 aliphatic carbocycles. The highest BCUT2D eigenvalue weighted by molar-refractivity contribution is 5.81. The molecule has 114 valence electrons. The van der Waals surface area contributed by atoms with Gasteiger partial charge in [-0.25, -0.2) is 0 Å². The minimum absolute atomic E-state index is 0.283. The van der Waals surface area contributed by atoms with E-state index in [1.54, 1.807) is 0 Å². The maximum Gasteiger partial charge on any atom is 0.134 e. The third-order valence-electron chi connectivity index (χ3n) is 4.79. The van der Waals surface area contributed by atoms with Gasteiger partial charge in [-0.05, 0) is 31.9 Å². The normalized spacial score (nSPS) is 21.7. The molecule has 3 heteroatoms. The first-order chi connectivity index (χ1) is 10.3. The number of hydrogen-bond acceptors (Lipinski definition) is 3. The first kappa shape index (κ1) is 14.6. The number of para-hydroxylation sites is 1. The summed E-state index contributed by atoms with van der Waals surface area (Å²) >= 11 is 0. The van der Waals surface area contributed by atoms with E-state index in [0.717, 1.165) is 12.1 Å². The number of rotatable bonds is 5. The molecule has 1 saturated heterocycles. The Morgan fingerprint density at radius 3 is 3.00 bits per heavy atom. The van der Waals surface area contributed by atoms with E-state index in [1.807, 2.05) is 18.4 Å². The molecule has 21 heavy (non-hydrogen) atoms. The largest absolute Gasteiger partial charge is 0.464 e. The van der Waals surface area contributed by atoms with Gasteiger partial charge in [-0.1, -0.05) is 38.0 Å². The minimum atomic E-state index is 0.283. The van der Waals surface area contributed by atoms with Gasteiger partial charge in [0.1, 0.15) is 5.58 Å². The molecule has 1 fully saturated rings. The van der Waals surface area contributed by atoms with Gasteiger partial charge < -0.3 is 10.2 Å². The van der Waals surface area contributed by atoms with Crippen molar-refractivity contribution in [2.24, 2.45) is 5.73 Å². The van der Waals surface area contributed by atoms with Crippen molar-refractivity contribution in [1.29, 1.82) is 0 Å². The minimum Gasteiger partial charge on any atom is -0.464 e. The Labute approximate surface area is 127 Å². The van der Waals surface area contributed by atoms with E-state index in [2.05, 4.69) is 24.0 Å². The van der Waals surface area contributed by atoms with Crippen molar-refractivity contribution in [1.82, 2.24) is 4.90 Å². The fourth-order valence-corrected chi connectivity index (χ4v) is 3.77. The molecule has 1 aliphatic rings. The molecule has 0 radical (unpaired) electrons. The van der Waals surface area contributed by atoms with Gasteiger partial charge in [-0.2, -0.15) is 0 Å². The third-order valence-corrected chi connectivity index (χ3v) is 4.79. The molecule has 2 unspecified atom stereocenters. The van der Waals surface area contributed by atoms with Crippen molar-refractivity contribution in [2.45, 2.75) is 51.1 Å². The van der Waals surface area contributed by atoms with Gasteiger partial charge in [-0.3, -0.25) is 4.90 Å². The predicted octanol–water partition coefficient (Wildman–Crippen LogP) is 4.09. The monoisotopic (exact) mass is 286 g/mol. The summed E-state index contributed by atoms with van der Waals surface area (Å²) < 4.78 is 5.74. The molecule has 2 heterocycles. The number of hydrogen-bond donors (Lipinski definition) is 1. The quantitative estimate of drug-likeness (QED) is 0.900. The summed E-state index contributed by atoms with van der Waals surface area (Å²) in [6.07, 6.45) is 8.37. The van der Waals surface area contributed by atoms with E-state index >= 15 is 0 Å². The van der Waals surface area contributed by atoms with Crippen molar-refractivity contribution in [3.63, 3.8) is 0 Å². The molecule has 0 amide bonds. The summed E-state index contributed by atoms with van der Waals surface area (Å²) in [5.74, 6) is 0. The van der Waals surface area contributed by atoms with E-state index in [1.165, 1.54) is 43.1 Å². The van der Waals surface area contributed by atoms with Crippen LogP contribution in [0.4, 0.5) is 0 Å². The third kappa shape index (κ3) is 2.85. The Hall–Kier alpha value is -1.32. The lowest BCUT2D eigenvalue weighted by atomic mass is 9.93. The smallest absolute Gasteiger partial charge is 0.134 e. The van der Waals surface area contributed by atoms with E-state index in [0.29, 0.717) is 12.6 Å². The second-order valence-corrected chi connectivity index (χ2v) is 6.11. The SMILES string of the molecule is CCCC1CCCCN1C(CN)c1coc2ccccc12. The Bertz CT molecular complexity index is 575. The Kier molecular flexibility index (Phi) is 4.61. The van der Waals surface area contributed by atoms with E-state index in [-0.39, 0.29) is 6.04 Å². The van der Waals surface area contributed by atoms with Crippen LogP contribution >= 0.6 is 0 Å². The first-order valence-corrected chi connectivity index (χ1v) is 8.27. The first-order valence-electron chi connectivity index (χ1n) is 8.27. The second kappa shape index (κ2) is 6.63. The lowest BCUT2D eigenvalue weighted by molar-refractivity contribution is 0.0915. The molecule has 0 saturated carbocycles. The van der Waals surface area contributed by atoms with Crippen LogP contribution < -0.4 is 5.73 Å². The van der Waals surface area contributed by atoms with Gasteiger partial charge in [0.05, 0.1) is 12.3 Å². The van der Waals surface area contributed by atoms with E-state index in [9.17, 15) is 0 Å². The van der Waals surface area contributed by atoms with Crippen molar-refractivity contribution >= 4 is 11.0 Å². The summed E-state index contributed by atoms with van der Waals surface area (Å²) in [6.45, 7) is 4.09. The highest BCUT2D eigenvalue weighted by Crippen LogP contribution is 2.34. The van der Waals surface area contributed by atoms with Crippen LogP contribution in [0.5, 0.6) is 0 Å². The summed E-state index contributed by atoms with van der Waals surface area (Å²) in [4.78, 5) is 2.63. The Morgan fingerprint density at radius 1 is 1.33 bits per heavy atom. The van der Waals surface area contributed by atoms with Gasteiger partial charge in [0, 0.05) is 23.5 Å². The standard InChI is InChI=1S/C18H26N2O/c1-2-7-14-8-5-6-11-20(14)17(12-19)16-13-21-18-10-4-3-9-15(16)18/h3-4,9-10,13-14,17H,2,5-8,11-12,19H2,1H3. The molecule has 1 aromatic heterocycles. The van der Waals surface area contributed by atoms with E-state index in [4.69, 9.17) is 10.2 Å². The van der Waals surface area contributed by atoms with Crippen LogP contribution in [-0.4, -0.2) is 24.0 Å². The summed E-state index contributed by atoms with van der Waals surface area (Å²) in [6, 6.07) is 9.24. The highest BCUT2D eigenvalue weighted by Gasteiger charge is 2.30. The van der Waals surface area contributed by atoms with Crippen LogP contribution in [0.3, 0.4) is 0 Å². The van der Waals surface area contributed by atoms with Crippen molar-refractivity contribution in [3.8, 4) is 0 Å². The topological polar surface area (TPSA) is 42.4 Å². The number of furan rings is 1. The number of nitrogens with zero attached hydrogens (tertiary/aromatic N) is 1. The number of fused-ring (bicyclic) bond motifs is 1. The zero-order valence-electron chi connectivity index (χ0n) is 12.9. The number of nitrogens with two attached hydrogens (primary N) is 1. The van der Waals surface area contributed by atoms with Gasteiger partial charge in [0.15, 0.2) is 0 Å². The molecule has 1 aromatic carbocycles. The van der Waals surface area contributed by atoms with Crippen molar-refractivity contribution in [3.05, 3.63) is 36.1 Å². The van der Waals surface area contributed by atoms with Crippen LogP contribution in [0.2, 0.25) is 0 Å². The van der Waals surface area contributed by atoms with Crippen molar-refractivity contribution in [2.75, 3.05) is 13.1 Å². The number of benzene rings is 1. The van der Waals surface area contributed by atoms with Crippen LogP contribution in [0.1, 0.15) is 50.6 Å². The lowest BCUT2D eigenvalue weighted by Gasteiger charge is -2.40. The molecule has 3 nitrogen and oxygen atoms in total. The average Bonchev–Trinajstić information content (AvgIpc) is 2.94. The Balaban J connectivity index is 1.93. The lowest BCUT2D eigenvalue weighted by Crippen LogP contribution is -2.44. The molecule has 2 aromatic rings. The molecule has 2 N–H and O–H groups in total. The maximum absolute atomic E-state index is 6.16. The van der Waals surface area contributed by atoms with Gasteiger partial charge in [0.25, 0.3) is 0 Å². The van der Waals surface area contributed by atoms with Gasteiger partial charge in [0.2, 0.25) is 0 Å². The predicted molar refractivity (Wildman–Crippen MR) is 87.3 cm³/mol. The van der Waals surface area contributed by atoms with E-state index < -0.39 is 0 Å². The Morgan fingerprint density at radius 2 is 2.19 bits per heavy atom. The van der Waals surface area contributed by atoms with Gasteiger partial charge in [-0.15, -0.1) is 0 Å². The van der Waals surface area contributed by atoms with Gasteiger partial charge >= 0.3 is 0 Å². The van der Waals surface area contributed by atoms with Crippen LogP contribution in [-0.2, 0) is 0 Å². The second-order valence-electron chi connectivity index (χ2n) is 6.11. The molecular weight excluding hydrogens is 260 g/mol. The zero-order chi connectivity index (χ0) is 14.7. The maximum atomic E-state index is 6.16. The summed E-state index contributed by atoms with van der Waals surface area (Å²) in [5, 5.41) is 1.22. The number of piperidine rings is 1. The molecule has 1 aliphatic heterocycles. The number of likely N-dealkylation sites (tertiary alicyclic amines) is 1. The van der Waals surface area contributed by atoms with Crippen LogP contribution in [0.25, 0.3) is 11.0 Å². The van der Waals surface area contributed by atoms with Crippen molar-refractivity contribution < 1.29 is 4.42 Å². The summed E-state index contributed by atoms with van der Waals surface area (Å²) in [5.41, 5.74) is 8.39.